The molecule has 3 N–H and O–H groups in total. The quantitative estimate of drug-likeness (QED) is 0.828. The van der Waals surface area contributed by atoms with Crippen molar-refractivity contribution in [1.29, 1.82) is 0 Å². The second kappa shape index (κ2) is 5.68. The molecule has 7 heteroatoms. The fourth-order valence-corrected chi connectivity index (χ4v) is 1.79. The van der Waals surface area contributed by atoms with Gasteiger partial charge in [0.2, 0.25) is 0 Å². The number of hydrogen-bond acceptors (Lipinski definition) is 3. The highest BCUT2D eigenvalue weighted by Gasteiger charge is 2.14. The summed E-state index contributed by atoms with van der Waals surface area (Å²) in [5.41, 5.74) is 5.72. The third kappa shape index (κ3) is 2.93. The van der Waals surface area contributed by atoms with E-state index in [9.17, 15) is 13.6 Å². The van der Waals surface area contributed by atoms with Gasteiger partial charge in [-0.2, -0.15) is 5.10 Å². The zero-order valence-corrected chi connectivity index (χ0v) is 10.9. The average Bonchev–Trinajstić information content (AvgIpc) is 2.79. The van der Waals surface area contributed by atoms with Gasteiger partial charge in [-0.1, -0.05) is 0 Å². The van der Waals surface area contributed by atoms with E-state index < -0.39 is 17.5 Å². The first-order valence-electron chi connectivity index (χ1n) is 5.98. The number of aromatic nitrogens is 2. The van der Waals surface area contributed by atoms with Crippen molar-refractivity contribution in [2.75, 3.05) is 12.3 Å². The minimum atomic E-state index is -0.935. The Bertz CT molecular complexity index is 639. The maximum atomic E-state index is 13.5. The molecule has 0 aliphatic rings. The topological polar surface area (TPSA) is 72.9 Å². The van der Waals surface area contributed by atoms with Crippen LogP contribution in [-0.2, 0) is 13.5 Å². The summed E-state index contributed by atoms with van der Waals surface area (Å²) < 4.78 is 28.2. The van der Waals surface area contributed by atoms with Crippen molar-refractivity contribution in [1.82, 2.24) is 15.1 Å². The van der Waals surface area contributed by atoms with Crippen LogP contribution < -0.4 is 11.1 Å². The first-order valence-corrected chi connectivity index (χ1v) is 5.98. The van der Waals surface area contributed by atoms with Crippen LogP contribution in [0.3, 0.4) is 0 Å². The molecule has 0 saturated carbocycles. The molecule has 0 unspecified atom stereocenters. The van der Waals surface area contributed by atoms with Crippen molar-refractivity contribution in [2.24, 2.45) is 7.05 Å². The Kier molecular flexibility index (Phi) is 3.97. The molecule has 0 aliphatic carbocycles. The smallest absolute Gasteiger partial charge is 0.254 e. The van der Waals surface area contributed by atoms with Crippen molar-refractivity contribution in [3.63, 3.8) is 0 Å². The molecule has 0 atom stereocenters. The van der Waals surface area contributed by atoms with Crippen LogP contribution in [0.15, 0.2) is 24.4 Å². The summed E-state index contributed by atoms with van der Waals surface area (Å²) in [4.78, 5) is 11.8. The van der Waals surface area contributed by atoms with Crippen molar-refractivity contribution >= 4 is 11.6 Å². The highest BCUT2D eigenvalue weighted by Crippen LogP contribution is 2.16. The van der Waals surface area contributed by atoms with Gasteiger partial charge in [0.05, 0.1) is 11.3 Å². The number of nitrogens with zero attached hydrogens (tertiary/aromatic N) is 2. The van der Waals surface area contributed by atoms with Gasteiger partial charge in [0.25, 0.3) is 5.91 Å². The molecule has 106 valence electrons. The SMILES string of the molecule is Cn1nccc1CCNC(=O)c1cc(N)c(F)cc1F. The molecule has 0 saturated heterocycles. The Balaban J connectivity index is 1.99. The van der Waals surface area contributed by atoms with E-state index in [0.29, 0.717) is 19.0 Å². The Morgan fingerprint density at radius 2 is 2.15 bits per heavy atom. The number of nitrogens with two attached hydrogens (primary N) is 1. The second-order valence-corrected chi connectivity index (χ2v) is 4.31. The number of nitrogen functional groups attached to an aromatic ring is 1. The predicted octanol–water partition coefficient (Wildman–Crippen LogP) is 1.25. The van der Waals surface area contributed by atoms with E-state index in [1.165, 1.54) is 0 Å². The largest absolute Gasteiger partial charge is 0.396 e. The monoisotopic (exact) mass is 280 g/mol. The van der Waals surface area contributed by atoms with Crippen LogP contribution in [-0.4, -0.2) is 22.2 Å². The Hall–Kier alpha value is -2.44. The number of hydrogen-bond donors (Lipinski definition) is 2. The summed E-state index contributed by atoms with van der Waals surface area (Å²) >= 11 is 0. The van der Waals surface area contributed by atoms with Crippen molar-refractivity contribution < 1.29 is 13.6 Å². The number of benzene rings is 1. The highest BCUT2D eigenvalue weighted by molar-refractivity contribution is 5.95. The molecular formula is C13H14F2N4O. The molecule has 1 heterocycles. The van der Waals surface area contributed by atoms with Gasteiger partial charge in [0.1, 0.15) is 11.6 Å². The lowest BCUT2D eigenvalue weighted by Gasteiger charge is -2.07. The lowest BCUT2D eigenvalue weighted by molar-refractivity contribution is 0.0950. The van der Waals surface area contributed by atoms with Gasteiger partial charge in [-0.3, -0.25) is 9.48 Å². The van der Waals surface area contributed by atoms with E-state index in [-0.39, 0.29) is 11.3 Å². The lowest BCUT2D eigenvalue weighted by atomic mass is 10.1. The summed E-state index contributed by atoms with van der Waals surface area (Å²) in [6.45, 7) is 0.315. The van der Waals surface area contributed by atoms with Gasteiger partial charge >= 0.3 is 0 Å². The standard InChI is InChI=1S/C13H14F2N4O/c1-19-8(3-5-18-19)2-4-17-13(20)9-6-12(16)11(15)7-10(9)14/h3,5-7H,2,4,16H2,1H3,(H,17,20). The van der Waals surface area contributed by atoms with Crippen LogP contribution in [0.2, 0.25) is 0 Å². The third-order valence-corrected chi connectivity index (χ3v) is 2.92. The molecule has 1 amide bonds. The van der Waals surface area contributed by atoms with Gasteiger partial charge in [-0.25, -0.2) is 8.78 Å². The molecule has 0 bridgehead atoms. The van der Waals surface area contributed by atoms with Gasteiger partial charge in [0, 0.05) is 38.0 Å². The summed E-state index contributed by atoms with van der Waals surface area (Å²) in [6, 6.07) is 3.41. The first kappa shape index (κ1) is 14.0. The molecule has 5 nitrogen and oxygen atoms in total. The molecule has 0 radical (unpaired) electrons. The number of rotatable bonds is 4. The summed E-state index contributed by atoms with van der Waals surface area (Å²) in [7, 11) is 1.79. The minimum absolute atomic E-state index is 0.261. The van der Waals surface area contributed by atoms with E-state index in [4.69, 9.17) is 5.73 Å². The zero-order valence-electron chi connectivity index (χ0n) is 10.9. The third-order valence-electron chi connectivity index (χ3n) is 2.92. The fraction of sp³-hybridized carbons (Fsp3) is 0.231. The van der Waals surface area contributed by atoms with Gasteiger partial charge in [-0.15, -0.1) is 0 Å². The summed E-state index contributed by atoms with van der Waals surface area (Å²) in [6.07, 6.45) is 2.21. The van der Waals surface area contributed by atoms with Gasteiger partial charge in [-0.05, 0) is 12.1 Å². The number of anilines is 1. The molecule has 2 rings (SSSR count). The van der Waals surface area contributed by atoms with Crippen LogP contribution in [0.4, 0.5) is 14.5 Å². The molecule has 1 aromatic carbocycles. The molecule has 1 aromatic heterocycles. The van der Waals surface area contributed by atoms with E-state index >= 15 is 0 Å². The van der Waals surface area contributed by atoms with E-state index in [2.05, 4.69) is 10.4 Å². The molecule has 0 fully saturated rings. The maximum Gasteiger partial charge on any atom is 0.254 e. The molecular weight excluding hydrogens is 266 g/mol. The van der Waals surface area contributed by atoms with Crippen LogP contribution in [0, 0.1) is 11.6 Å². The lowest BCUT2D eigenvalue weighted by Crippen LogP contribution is -2.27. The number of aryl methyl sites for hydroxylation is 1. The van der Waals surface area contributed by atoms with E-state index in [1.54, 1.807) is 17.9 Å². The Labute approximate surface area is 114 Å². The van der Waals surface area contributed by atoms with E-state index in [1.807, 2.05) is 6.07 Å². The zero-order chi connectivity index (χ0) is 14.7. The first-order chi connectivity index (χ1) is 9.49. The summed E-state index contributed by atoms with van der Waals surface area (Å²) in [5.74, 6) is -2.44. The predicted molar refractivity (Wildman–Crippen MR) is 70.0 cm³/mol. The molecule has 2 aromatic rings. The fourth-order valence-electron chi connectivity index (χ4n) is 1.79. The average molecular weight is 280 g/mol. The minimum Gasteiger partial charge on any atom is -0.396 e. The van der Waals surface area contributed by atoms with Gasteiger partial charge < -0.3 is 11.1 Å². The number of nitrogens with one attached hydrogen (secondary N) is 1. The van der Waals surface area contributed by atoms with Gasteiger partial charge in [0.15, 0.2) is 0 Å². The number of carbonyl (C=O) groups is 1. The molecule has 20 heavy (non-hydrogen) atoms. The van der Waals surface area contributed by atoms with Crippen LogP contribution in [0.1, 0.15) is 16.1 Å². The van der Waals surface area contributed by atoms with Crippen LogP contribution >= 0.6 is 0 Å². The summed E-state index contributed by atoms with van der Waals surface area (Å²) in [5, 5.41) is 6.55. The maximum absolute atomic E-state index is 13.5. The van der Waals surface area contributed by atoms with Crippen molar-refractivity contribution in [2.45, 2.75) is 6.42 Å². The number of carbonyl (C=O) groups excluding carboxylic acids is 1. The Morgan fingerprint density at radius 1 is 1.40 bits per heavy atom. The normalized spacial score (nSPS) is 10.6. The highest BCUT2D eigenvalue weighted by atomic mass is 19.1. The number of halogens is 2. The molecule has 0 spiro atoms. The van der Waals surface area contributed by atoms with E-state index in [0.717, 1.165) is 11.8 Å². The van der Waals surface area contributed by atoms with Crippen LogP contribution in [0.5, 0.6) is 0 Å². The molecule has 0 aliphatic heterocycles. The second-order valence-electron chi connectivity index (χ2n) is 4.31. The number of amides is 1. The van der Waals surface area contributed by atoms with Crippen molar-refractivity contribution in [3.8, 4) is 0 Å². The van der Waals surface area contributed by atoms with Crippen molar-refractivity contribution in [3.05, 3.63) is 47.3 Å². The Morgan fingerprint density at radius 3 is 2.80 bits per heavy atom. The van der Waals surface area contributed by atoms with Crippen LogP contribution in [0.25, 0.3) is 0 Å².